The Morgan fingerprint density at radius 2 is 1.89 bits per heavy atom. The summed E-state index contributed by atoms with van der Waals surface area (Å²) in [5, 5.41) is 17.9. The number of likely N-dealkylation sites (N-methyl/N-ethyl adjacent to an activating group) is 1. The highest BCUT2D eigenvalue weighted by molar-refractivity contribution is 6.04. The van der Waals surface area contributed by atoms with E-state index in [1.54, 1.807) is 37.1 Å². The molecule has 8 nitrogen and oxygen atoms in total. The van der Waals surface area contributed by atoms with E-state index in [0.717, 1.165) is 24.3 Å². The highest BCUT2D eigenvalue weighted by Crippen LogP contribution is 2.35. The first-order valence-corrected chi connectivity index (χ1v) is 11.2. The Morgan fingerprint density at radius 3 is 2.49 bits per heavy atom. The third-order valence-electron chi connectivity index (χ3n) is 5.81. The van der Waals surface area contributed by atoms with Crippen LogP contribution >= 0.6 is 0 Å². The lowest BCUT2D eigenvalue weighted by molar-refractivity contribution is -0.137. The summed E-state index contributed by atoms with van der Waals surface area (Å²) in [6, 6.07) is 7.65. The molecular formula is C24H29F3N4O4. The predicted molar refractivity (Wildman–Crippen MR) is 126 cm³/mol. The summed E-state index contributed by atoms with van der Waals surface area (Å²) in [6.07, 6.45) is -4.82. The first-order chi connectivity index (χ1) is 16.5. The minimum atomic E-state index is -4.48. The molecule has 1 aliphatic rings. The molecule has 1 aliphatic heterocycles. The number of carbonyl (C=O) groups is 2. The lowest BCUT2D eigenvalue weighted by Gasteiger charge is -2.37. The van der Waals surface area contributed by atoms with Gasteiger partial charge < -0.3 is 30.7 Å². The number of urea groups is 1. The van der Waals surface area contributed by atoms with E-state index in [1.807, 2.05) is 6.92 Å². The van der Waals surface area contributed by atoms with Gasteiger partial charge in [-0.3, -0.25) is 4.79 Å². The number of hydrogen-bond donors (Lipinski definition) is 4. The lowest BCUT2D eigenvalue weighted by atomic mass is 9.99. The van der Waals surface area contributed by atoms with Gasteiger partial charge in [0.25, 0.3) is 5.91 Å². The maximum absolute atomic E-state index is 13.3. The summed E-state index contributed by atoms with van der Waals surface area (Å²) in [4.78, 5) is 27.6. The van der Waals surface area contributed by atoms with Gasteiger partial charge in [-0.2, -0.15) is 13.2 Å². The molecule has 0 aliphatic carbocycles. The monoisotopic (exact) mass is 494 g/mol. The number of aliphatic hydroxyl groups is 1. The number of halogens is 3. The minimum Gasteiger partial charge on any atom is -0.486 e. The number of amides is 3. The SMILES string of the molecule is CNC[C@H]1Oc2c(NC(=O)Nc3ccc(C(F)(F)F)cc3)cccc2C(=O)N([C@H](C)CO)C[C@@H]1C. The number of ether oxygens (including phenoxy) is 1. The zero-order valence-electron chi connectivity index (χ0n) is 19.6. The van der Waals surface area contributed by atoms with Crippen LogP contribution in [0.2, 0.25) is 0 Å². The predicted octanol–water partition coefficient (Wildman–Crippen LogP) is 3.79. The van der Waals surface area contributed by atoms with Crippen molar-refractivity contribution < 1.29 is 32.6 Å². The molecule has 35 heavy (non-hydrogen) atoms. The van der Waals surface area contributed by atoms with Crippen LogP contribution in [0, 0.1) is 5.92 Å². The number of aliphatic hydroxyl groups excluding tert-OH is 1. The molecule has 0 aromatic heterocycles. The van der Waals surface area contributed by atoms with Crippen LogP contribution in [0.1, 0.15) is 29.8 Å². The average Bonchev–Trinajstić information content (AvgIpc) is 2.81. The van der Waals surface area contributed by atoms with Crippen molar-refractivity contribution in [1.29, 1.82) is 0 Å². The molecule has 3 amide bonds. The number of alkyl halides is 3. The number of fused-ring (bicyclic) bond motifs is 1. The van der Waals surface area contributed by atoms with Crippen molar-refractivity contribution in [3.63, 3.8) is 0 Å². The van der Waals surface area contributed by atoms with E-state index in [-0.39, 0.29) is 47.2 Å². The van der Waals surface area contributed by atoms with E-state index in [1.165, 1.54) is 0 Å². The Kier molecular flexibility index (Phi) is 8.23. The molecule has 190 valence electrons. The molecule has 0 unspecified atom stereocenters. The van der Waals surface area contributed by atoms with Gasteiger partial charge in [0, 0.05) is 24.7 Å². The van der Waals surface area contributed by atoms with Crippen LogP contribution in [-0.4, -0.2) is 60.8 Å². The summed E-state index contributed by atoms with van der Waals surface area (Å²) in [5.41, 5.74) is -0.209. The number of nitrogens with one attached hydrogen (secondary N) is 3. The Bertz CT molecular complexity index is 1050. The van der Waals surface area contributed by atoms with Crippen LogP contribution in [0.25, 0.3) is 0 Å². The Morgan fingerprint density at radius 1 is 1.20 bits per heavy atom. The highest BCUT2D eigenvalue weighted by Gasteiger charge is 2.34. The minimum absolute atomic E-state index is 0.0948. The van der Waals surface area contributed by atoms with Gasteiger partial charge in [-0.05, 0) is 50.4 Å². The number of anilines is 2. The van der Waals surface area contributed by atoms with Gasteiger partial charge >= 0.3 is 12.2 Å². The fourth-order valence-corrected chi connectivity index (χ4v) is 3.81. The number of benzene rings is 2. The van der Waals surface area contributed by atoms with E-state index < -0.39 is 23.8 Å². The molecule has 11 heteroatoms. The van der Waals surface area contributed by atoms with Crippen molar-refractivity contribution in [3.8, 4) is 5.75 Å². The molecule has 0 spiro atoms. The van der Waals surface area contributed by atoms with Gasteiger partial charge in [-0.1, -0.05) is 13.0 Å². The molecule has 0 saturated carbocycles. The Hall–Kier alpha value is -3.31. The fourth-order valence-electron chi connectivity index (χ4n) is 3.81. The van der Waals surface area contributed by atoms with Crippen LogP contribution in [0.15, 0.2) is 42.5 Å². The Labute approximate surface area is 201 Å². The normalized spacial score (nSPS) is 19.2. The third kappa shape index (κ3) is 6.23. The fraction of sp³-hybridized carbons (Fsp3) is 0.417. The second-order valence-electron chi connectivity index (χ2n) is 8.52. The van der Waals surface area contributed by atoms with Crippen LogP contribution in [0.4, 0.5) is 29.3 Å². The lowest BCUT2D eigenvalue weighted by Crippen LogP contribution is -2.49. The van der Waals surface area contributed by atoms with E-state index >= 15 is 0 Å². The molecule has 0 fully saturated rings. The second kappa shape index (κ2) is 11.0. The molecule has 1 heterocycles. The van der Waals surface area contributed by atoms with E-state index in [2.05, 4.69) is 16.0 Å². The smallest absolute Gasteiger partial charge is 0.416 e. The molecule has 3 rings (SSSR count). The zero-order valence-corrected chi connectivity index (χ0v) is 19.6. The van der Waals surface area contributed by atoms with E-state index in [9.17, 15) is 27.9 Å². The van der Waals surface area contributed by atoms with Gasteiger partial charge in [0.2, 0.25) is 0 Å². The average molecular weight is 495 g/mol. The van der Waals surface area contributed by atoms with Crippen LogP contribution in [0.5, 0.6) is 5.75 Å². The van der Waals surface area contributed by atoms with Gasteiger partial charge in [0.1, 0.15) is 6.10 Å². The van der Waals surface area contributed by atoms with Gasteiger partial charge in [-0.25, -0.2) is 4.79 Å². The van der Waals surface area contributed by atoms with Gasteiger partial charge in [-0.15, -0.1) is 0 Å². The first-order valence-electron chi connectivity index (χ1n) is 11.2. The van der Waals surface area contributed by atoms with Crippen LogP contribution in [0.3, 0.4) is 0 Å². The second-order valence-corrected chi connectivity index (χ2v) is 8.52. The highest BCUT2D eigenvalue weighted by atomic mass is 19.4. The summed E-state index contributed by atoms with van der Waals surface area (Å²) < 4.78 is 44.5. The van der Waals surface area contributed by atoms with Crippen molar-refractivity contribution >= 4 is 23.3 Å². The number of para-hydroxylation sites is 1. The molecule has 4 N–H and O–H groups in total. The summed E-state index contributed by atoms with van der Waals surface area (Å²) in [7, 11) is 1.77. The van der Waals surface area contributed by atoms with Crippen LogP contribution < -0.4 is 20.7 Å². The van der Waals surface area contributed by atoms with Crippen molar-refractivity contribution in [2.24, 2.45) is 5.92 Å². The number of nitrogens with zero attached hydrogens (tertiary/aromatic N) is 1. The molecule has 0 bridgehead atoms. The van der Waals surface area contributed by atoms with Crippen molar-refractivity contribution in [1.82, 2.24) is 10.2 Å². The van der Waals surface area contributed by atoms with Crippen molar-refractivity contribution in [2.75, 3.05) is 37.4 Å². The molecule has 3 atom stereocenters. The molecular weight excluding hydrogens is 465 g/mol. The number of rotatable bonds is 6. The van der Waals surface area contributed by atoms with Crippen LogP contribution in [-0.2, 0) is 6.18 Å². The van der Waals surface area contributed by atoms with E-state index in [0.29, 0.717) is 13.1 Å². The Balaban J connectivity index is 1.89. The van der Waals surface area contributed by atoms with Gasteiger partial charge in [0.05, 0.1) is 29.5 Å². The summed E-state index contributed by atoms with van der Waals surface area (Å²) in [5.74, 6) is -0.257. The van der Waals surface area contributed by atoms with Gasteiger partial charge in [0.15, 0.2) is 5.75 Å². The molecule has 0 saturated heterocycles. The quantitative estimate of drug-likeness (QED) is 0.490. The first kappa shape index (κ1) is 26.3. The molecule has 0 radical (unpaired) electrons. The third-order valence-corrected chi connectivity index (χ3v) is 5.81. The maximum atomic E-state index is 13.3. The standard InChI is InChI=1S/C24H29F3N4O4/c1-14-12-31(15(2)13-32)22(33)18-5-4-6-19(21(18)35-20(14)11-28-3)30-23(34)29-17-9-7-16(8-10-17)24(25,26)27/h4-10,14-15,20,28,32H,11-13H2,1-3H3,(H2,29,30,34)/t14-,15+,20+/m0/s1. The largest absolute Gasteiger partial charge is 0.486 e. The number of carbonyl (C=O) groups excluding carboxylic acids is 2. The summed E-state index contributed by atoms with van der Waals surface area (Å²) in [6.45, 7) is 4.32. The number of hydrogen-bond acceptors (Lipinski definition) is 5. The zero-order chi connectivity index (χ0) is 25.8. The van der Waals surface area contributed by atoms with Crippen molar-refractivity contribution in [3.05, 3.63) is 53.6 Å². The summed E-state index contributed by atoms with van der Waals surface area (Å²) >= 11 is 0. The molecule has 2 aromatic rings. The van der Waals surface area contributed by atoms with Crippen molar-refractivity contribution in [2.45, 2.75) is 32.2 Å². The maximum Gasteiger partial charge on any atom is 0.416 e. The molecule has 2 aromatic carbocycles. The topological polar surface area (TPSA) is 103 Å². The van der Waals surface area contributed by atoms with E-state index in [4.69, 9.17) is 4.74 Å².